The van der Waals surface area contributed by atoms with Crippen LogP contribution in [0.4, 0.5) is 5.82 Å². The molecule has 0 saturated carbocycles. The number of likely N-dealkylation sites (tertiary alicyclic amines) is 1. The molecular formula is C19H24N4O. The van der Waals surface area contributed by atoms with Crippen molar-refractivity contribution in [1.82, 2.24) is 14.9 Å². The van der Waals surface area contributed by atoms with Gasteiger partial charge in [-0.3, -0.25) is 4.90 Å². The van der Waals surface area contributed by atoms with Crippen molar-refractivity contribution in [2.45, 2.75) is 38.4 Å². The van der Waals surface area contributed by atoms with Gasteiger partial charge in [0.2, 0.25) is 0 Å². The van der Waals surface area contributed by atoms with Crippen molar-refractivity contribution in [3.8, 4) is 5.88 Å². The van der Waals surface area contributed by atoms with E-state index in [1.54, 1.807) is 13.3 Å². The van der Waals surface area contributed by atoms with E-state index in [2.05, 4.69) is 45.1 Å². The van der Waals surface area contributed by atoms with E-state index in [0.717, 1.165) is 31.1 Å². The van der Waals surface area contributed by atoms with E-state index >= 15 is 0 Å². The van der Waals surface area contributed by atoms with Gasteiger partial charge in [0.05, 0.1) is 19.0 Å². The molecule has 4 rings (SSSR count). The van der Waals surface area contributed by atoms with E-state index in [9.17, 15) is 0 Å². The third-order valence-corrected chi connectivity index (χ3v) is 5.09. The maximum absolute atomic E-state index is 5.47. The lowest BCUT2D eigenvalue weighted by Gasteiger charge is -2.42. The molecule has 2 bridgehead atoms. The molecule has 0 aliphatic carbocycles. The second-order valence-electron chi connectivity index (χ2n) is 6.82. The Balaban J connectivity index is 1.54. The lowest BCUT2D eigenvalue weighted by Crippen LogP contribution is -2.54. The van der Waals surface area contributed by atoms with Gasteiger partial charge in [0.1, 0.15) is 0 Å². The Bertz CT molecular complexity index is 692. The topological polar surface area (TPSA) is 41.5 Å². The van der Waals surface area contributed by atoms with Crippen molar-refractivity contribution in [2.75, 3.05) is 25.1 Å². The third kappa shape index (κ3) is 2.84. The molecule has 2 atom stereocenters. The average Bonchev–Trinajstić information content (AvgIpc) is 2.86. The largest absolute Gasteiger partial charge is 0.478 e. The standard InChI is InChI=1S/C19H24N4O/c1-14-10-20-19(24-2)18(21-14)23-16-8-9-17(23)13-22(12-16)11-15-6-4-3-5-7-15/h3-7,10,16-17H,8-9,11-13H2,1-2H3. The molecule has 24 heavy (non-hydrogen) atoms. The predicted molar refractivity (Wildman–Crippen MR) is 94.3 cm³/mol. The Kier molecular flexibility index (Phi) is 4.10. The molecule has 0 amide bonds. The summed E-state index contributed by atoms with van der Waals surface area (Å²) in [6.45, 7) is 5.16. The fraction of sp³-hybridized carbons (Fsp3) is 0.474. The molecule has 1 aromatic carbocycles. The molecule has 1 aromatic heterocycles. The van der Waals surface area contributed by atoms with Gasteiger partial charge in [-0.05, 0) is 25.3 Å². The van der Waals surface area contributed by atoms with Crippen molar-refractivity contribution in [3.05, 3.63) is 47.8 Å². The number of rotatable bonds is 4. The van der Waals surface area contributed by atoms with Gasteiger partial charge in [0.15, 0.2) is 5.82 Å². The van der Waals surface area contributed by atoms with E-state index in [-0.39, 0.29) is 0 Å². The Morgan fingerprint density at radius 3 is 2.50 bits per heavy atom. The lowest BCUT2D eigenvalue weighted by molar-refractivity contribution is 0.210. The van der Waals surface area contributed by atoms with E-state index < -0.39 is 0 Å². The second-order valence-corrected chi connectivity index (χ2v) is 6.82. The van der Waals surface area contributed by atoms with E-state index in [4.69, 9.17) is 9.72 Å². The van der Waals surface area contributed by atoms with Crippen LogP contribution in [-0.2, 0) is 6.54 Å². The zero-order valence-corrected chi connectivity index (χ0v) is 14.4. The first-order valence-electron chi connectivity index (χ1n) is 8.67. The number of piperazine rings is 1. The Labute approximate surface area is 143 Å². The molecule has 2 aliphatic heterocycles. The van der Waals surface area contributed by atoms with Crippen molar-refractivity contribution in [3.63, 3.8) is 0 Å². The molecule has 0 spiro atoms. The van der Waals surface area contributed by atoms with E-state index in [1.165, 1.54) is 18.4 Å². The van der Waals surface area contributed by atoms with Crippen LogP contribution in [0.25, 0.3) is 0 Å². The molecular weight excluding hydrogens is 300 g/mol. The number of methoxy groups -OCH3 is 1. The SMILES string of the molecule is COc1ncc(C)nc1N1C2CCC1CN(Cc1ccccc1)C2. The van der Waals surface area contributed by atoms with Gasteiger partial charge in [0.25, 0.3) is 5.88 Å². The van der Waals surface area contributed by atoms with Crippen LogP contribution in [0.2, 0.25) is 0 Å². The minimum absolute atomic E-state index is 0.498. The number of aryl methyl sites for hydroxylation is 1. The molecule has 2 aliphatic rings. The summed E-state index contributed by atoms with van der Waals surface area (Å²) in [6, 6.07) is 11.7. The third-order valence-electron chi connectivity index (χ3n) is 5.09. The van der Waals surface area contributed by atoms with Crippen LogP contribution in [0.3, 0.4) is 0 Å². The number of ether oxygens (including phenoxy) is 1. The Morgan fingerprint density at radius 2 is 1.83 bits per heavy atom. The maximum atomic E-state index is 5.47. The number of anilines is 1. The van der Waals surface area contributed by atoms with E-state index in [1.807, 2.05) is 6.92 Å². The quantitative estimate of drug-likeness (QED) is 0.865. The molecule has 126 valence electrons. The number of aromatic nitrogens is 2. The summed E-state index contributed by atoms with van der Waals surface area (Å²) < 4.78 is 5.47. The van der Waals surface area contributed by atoms with Crippen molar-refractivity contribution in [1.29, 1.82) is 0 Å². The van der Waals surface area contributed by atoms with Gasteiger partial charge < -0.3 is 9.64 Å². The summed E-state index contributed by atoms with van der Waals surface area (Å²) in [7, 11) is 1.68. The summed E-state index contributed by atoms with van der Waals surface area (Å²) >= 11 is 0. The fourth-order valence-corrected chi connectivity index (χ4v) is 4.07. The molecule has 3 heterocycles. The fourth-order valence-electron chi connectivity index (χ4n) is 4.07. The summed E-state index contributed by atoms with van der Waals surface area (Å²) in [5, 5.41) is 0. The molecule has 5 nitrogen and oxygen atoms in total. The molecule has 2 unspecified atom stereocenters. The normalized spacial score (nSPS) is 23.5. The maximum Gasteiger partial charge on any atom is 0.257 e. The van der Waals surface area contributed by atoms with Crippen LogP contribution < -0.4 is 9.64 Å². The highest BCUT2D eigenvalue weighted by Gasteiger charge is 2.41. The van der Waals surface area contributed by atoms with Gasteiger partial charge in [0, 0.05) is 31.7 Å². The van der Waals surface area contributed by atoms with Gasteiger partial charge in [-0.1, -0.05) is 30.3 Å². The predicted octanol–water partition coefficient (Wildman–Crippen LogP) is 2.65. The highest BCUT2D eigenvalue weighted by Crippen LogP contribution is 2.37. The zero-order chi connectivity index (χ0) is 16.5. The number of nitrogens with zero attached hydrogens (tertiary/aromatic N) is 4. The first-order chi connectivity index (χ1) is 11.7. The highest BCUT2D eigenvalue weighted by molar-refractivity contribution is 5.52. The zero-order valence-electron chi connectivity index (χ0n) is 14.4. The number of benzene rings is 1. The van der Waals surface area contributed by atoms with Crippen LogP contribution >= 0.6 is 0 Å². The first kappa shape index (κ1) is 15.4. The van der Waals surface area contributed by atoms with Crippen LogP contribution in [-0.4, -0.2) is 47.2 Å². The van der Waals surface area contributed by atoms with Gasteiger partial charge in [-0.2, -0.15) is 0 Å². The Morgan fingerprint density at radius 1 is 1.12 bits per heavy atom. The van der Waals surface area contributed by atoms with Gasteiger partial charge >= 0.3 is 0 Å². The lowest BCUT2D eigenvalue weighted by atomic mass is 10.1. The molecule has 5 heteroatoms. The minimum Gasteiger partial charge on any atom is -0.478 e. The number of hydrogen-bond acceptors (Lipinski definition) is 5. The molecule has 2 aromatic rings. The van der Waals surface area contributed by atoms with Crippen molar-refractivity contribution < 1.29 is 4.74 Å². The van der Waals surface area contributed by atoms with Gasteiger partial charge in [-0.25, -0.2) is 9.97 Å². The van der Waals surface area contributed by atoms with Crippen LogP contribution in [0, 0.1) is 6.92 Å². The monoisotopic (exact) mass is 324 g/mol. The Hall–Kier alpha value is -2.14. The van der Waals surface area contributed by atoms with Crippen LogP contribution in [0.5, 0.6) is 5.88 Å². The summed E-state index contributed by atoms with van der Waals surface area (Å²) in [5.74, 6) is 1.57. The van der Waals surface area contributed by atoms with Crippen LogP contribution in [0.1, 0.15) is 24.1 Å². The summed E-state index contributed by atoms with van der Waals surface area (Å²) in [6.07, 6.45) is 4.21. The molecule has 0 radical (unpaired) electrons. The minimum atomic E-state index is 0.498. The summed E-state index contributed by atoms with van der Waals surface area (Å²) in [5.41, 5.74) is 2.33. The van der Waals surface area contributed by atoms with Crippen molar-refractivity contribution >= 4 is 5.82 Å². The molecule has 2 fully saturated rings. The number of hydrogen-bond donors (Lipinski definition) is 0. The first-order valence-corrected chi connectivity index (χ1v) is 8.67. The second kappa shape index (κ2) is 6.40. The van der Waals surface area contributed by atoms with Crippen LogP contribution in [0.15, 0.2) is 36.5 Å². The molecule has 0 N–H and O–H groups in total. The van der Waals surface area contributed by atoms with Crippen molar-refractivity contribution in [2.24, 2.45) is 0 Å². The smallest absolute Gasteiger partial charge is 0.257 e. The van der Waals surface area contributed by atoms with E-state index in [0.29, 0.717) is 18.0 Å². The highest BCUT2D eigenvalue weighted by atomic mass is 16.5. The van der Waals surface area contributed by atoms with Gasteiger partial charge in [-0.15, -0.1) is 0 Å². The molecule has 2 saturated heterocycles. The number of fused-ring (bicyclic) bond motifs is 2. The summed E-state index contributed by atoms with van der Waals surface area (Å²) in [4.78, 5) is 14.2. The average molecular weight is 324 g/mol.